The molecule has 2 heteroatoms. The Bertz CT molecular complexity index is 2190. The fourth-order valence-corrected chi connectivity index (χ4v) is 8.47. The van der Waals surface area contributed by atoms with Crippen molar-refractivity contribution in [3.8, 4) is 11.1 Å². The highest BCUT2D eigenvalue weighted by Crippen LogP contribution is 2.52. The molecule has 4 aromatic rings. The third-order valence-corrected chi connectivity index (χ3v) is 10.8. The third-order valence-electron chi connectivity index (χ3n) is 10.8. The number of allylic oxidation sites excluding steroid dienone is 9. The van der Waals surface area contributed by atoms with Crippen LogP contribution in [0.4, 0.5) is 17.1 Å². The Morgan fingerprint density at radius 2 is 1.63 bits per heavy atom. The molecule has 3 unspecified atom stereocenters. The number of fused-ring (bicyclic) bond motifs is 3. The van der Waals surface area contributed by atoms with Gasteiger partial charge < -0.3 is 10.2 Å². The summed E-state index contributed by atoms with van der Waals surface area (Å²) in [6.07, 6.45) is 24.5. The molecule has 3 atom stereocenters. The van der Waals surface area contributed by atoms with Gasteiger partial charge in [0.25, 0.3) is 0 Å². The predicted octanol–water partition coefficient (Wildman–Crippen LogP) is 10.5. The van der Waals surface area contributed by atoms with Crippen molar-refractivity contribution in [3.05, 3.63) is 185 Å². The Labute approximate surface area is 291 Å². The zero-order valence-corrected chi connectivity index (χ0v) is 28.6. The number of anilines is 3. The molecule has 4 aliphatic rings. The van der Waals surface area contributed by atoms with Gasteiger partial charge in [0, 0.05) is 11.1 Å². The van der Waals surface area contributed by atoms with Crippen molar-refractivity contribution in [1.29, 1.82) is 0 Å². The lowest BCUT2D eigenvalue weighted by atomic mass is 9.61. The molecular weight excluding hydrogens is 593 g/mol. The smallest absolute Gasteiger partial charge is 0.130 e. The Morgan fingerprint density at radius 1 is 0.837 bits per heavy atom. The average Bonchev–Trinajstić information content (AvgIpc) is 3.54. The first-order valence-corrected chi connectivity index (χ1v) is 17.8. The van der Waals surface area contributed by atoms with Gasteiger partial charge in [-0.05, 0) is 118 Å². The lowest BCUT2D eigenvalue weighted by molar-refractivity contribution is 0.518. The van der Waals surface area contributed by atoms with Crippen molar-refractivity contribution in [3.63, 3.8) is 0 Å². The van der Waals surface area contributed by atoms with Gasteiger partial charge >= 0.3 is 0 Å². The van der Waals surface area contributed by atoms with Crippen molar-refractivity contribution in [2.75, 3.05) is 10.2 Å². The zero-order chi connectivity index (χ0) is 33.4. The number of rotatable bonds is 7. The molecule has 0 amide bonds. The molecule has 8 rings (SSSR count). The molecule has 0 saturated heterocycles. The summed E-state index contributed by atoms with van der Waals surface area (Å²) in [5.41, 5.74) is 12.6. The van der Waals surface area contributed by atoms with E-state index in [-0.39, 0.29) is 11.6 Å². The second-order valence-electron chi connectivity index (χ2n) is 13.9. The third kappa shape index (κ3) is 5.46. The zero-order valence-electron chi connectivity index (χ0n) is 28.6. The van der Waals surface area contributed by atoms with Gasteiger partial charge in [0.15, 0.2) is 0 Å². The maximum absolute atomic E-state index is 4.47. The van der Waals surface area contributed by atoms with Gasteiger partial charge in [-0.25, -0.2) is 0 Å². The maximum atomic E-state index is 4.47. The van der Waals surface area contributed by atoms with Crippen LogP contribution in [0.2, 0.25) is 0 Å². The van der Waals surface area contributed by atoms with Crippen molar-refractivity contribution in [2.45, 2.75) is 45.7 Å². The molecule has 242 valence electrons. The second kappa shape index (κ2) is 12.9. The molecule has 4 aromatic carbocycles. The van der Waals surface area contributed by atoms with Gasteiger partial charge in [0.2, 0.25) is 0 Å². The van der Waals surface area contributed by atoms with E-state index < -0.39 is 0 Å². The topological polar surface area (TPSA) is 15.3 Å². The molecule has 1 aliphatic heterocycles. The fraction of sp³-hybridized carbons (Fsp3) is 0.191. The normalized spacial score (nSPS) is 22.6. The summed E-state index contributed by atoms with van der Waals surface area (Å²) in [7, 11) is 0. The van der Waals surface area contributed by atoms with Crippen LogP contribution in [0.15, 0.2) is 169 Å². The lowest BCUT2D eigenvalue weighted by Gasteiger charge is -2.42. The molecule has 0 spiro atoms. The molecular formula is C47H44N2. The molecule has 0 fully saturated rings. The highest BCUT2D eigenvalue weighted by molar-refractivity contribution is 5.88. The van der Waals surface area contributed by atoms with Crippen LogP contribution in [0.1, 0.15) is 45.1 Å². The quantitative estimate of drug-likeness (QED) is 0.160. The van der Waals surface area contributed by atoms with Crippen LogP contribution in [0, 0.1) is 11.3 Å². The molecule has 1 N–H and O–H groups in total. The van der Waals surface area contributed by atoms with Crippen LogP contribution < -0.4 is 20.7 Å². The van der Waals surface area contributed by atoms with Crippen molar-refractivity contribution < 1.29 is 0 Å². The maximum Gasteiger partial charge on any atom is 0.130 e. The standard InChI is InChI=1S/C47H44N2/c1-4-5-8-17-33(2)46-48-42-23-13-14-24-43(42)49(46)38-28-25-36(26-29-38)45-40-32-37(34-18-9-6-10-19-34)27-30-39(40)44(35-20-11-7-12-21-35)41-22-15-16-31-47(41,45)3/h4-11,13-19,22-30,32,35,46,48H,2,12,20-21,31H2,1,3H3/b5-4-,17-8-. The first-order chi connectivity index (χ1) is 24.1. The minimum atomic E-state index is -0.134. The van der Waals surface area contributed by atoms with Crippen LogP contribution >= 0.6 is 0 Å². The molecule has 0 bridgehead atoms. The van der Waals surface area contributed by atoms with Gasteiger partial charge in [0.1, 0.15) is 6.17 Å². The number of nitrogens with one attached hydrogen (secondary N) is 1. The van der Waals surface area contributed by atoms with E-state index in [0.29, 0.717) is 5.92 Å². The van der Waals surface area contributed by atoms with Crippen LogP contribution in [-0.2, 0) is 0 Å². The predicted molar refractivity (Wildman–Crippen MR) is 209 cm³/mol. The molecule has 49 heavy (non-hydrogen) atoms. The first kappa shape index (κ1) is 31.0. The molecule has 0 aromatic heterocycles. The van der Waals surface area contributed by atoms with E-state index in [1.54, 1.807) is 5.57 Å². The SMILES string of the molecule is C=C(/C=C\C=C/C)C1Nc2ccccc2N1c1ccc(C2=c3cc(-c4ccccc4)ccc3=C(C3CC=CCC3)C3=CC=CCC32C)cc1. The van der Waals surface area contributed by atoms with E-state index in [0.717, 1.165) is 36.2 Å². The number of hydrogen-bond acceptors (Lipinski definition) is 2. The van der Waals surface area contributed by atoms with E-state index in [9.17, 15) is 0 Å². The Balaban J connectivity index is 1.32. The minimum absolute atomic E-state index is 0.0708. The molecule has 0 radical (unpaired) electrons. The molecule has 3 aliphatic carbocycles. The highest BCUT2D eigenvalue weighted by Gasteiger charge is 2.41. The molecule has 0 saturated carbocycles. The van der Waals surface area contributed by atoms with E-state index in [1.165, 1.54) is 50.4 Å². The van der Waals surface area contributed by atoms with Gasteiger partial charge in [-0.15, -0.1) is 0 Å². The van der Waals surface area contributed by atoms with Gasteiger partial charge in [0.05, 0.1) is 11.4 Å². The molecule has 2 nitrogen and oxygen atoms in total. The second-order valence-corrected chi connectivity index (χ2v) is 13.9. The highest BCUT2D eigenvalue weighted by atomic mass is 15.3. The van der Waals surface area contributed by atoms with E-state index >= 15 is 0 Å². The van der Waals surface area contributed by atoms with Crippen molar-refractivity contribution >= 4 is 28.2 Å². The largest absolute Gasteiger partial charge is 0.359 e. The summed E-state index contributed by atoms with van der Waals surface area (Å²) < 4.78 is 0. The van der Waals surface area contributed by atoms with Crippen LogP contribution in [0.3, 0.4) is 0 Å². The first-order valence-electron chi connectivity index (χ1n) is 17.8. The van der Waals surface area contributed by atoms with Gasteiger partial charge in [-0.1, -0.05) is 135 Å². The summed E-state index contributed by atoms with van der Waals surface area (Å²) in [5, 5.41) is 6.50. The monoisotopic (exact) mass is 636 g/mol. The van der Waals surface area contributed by atoms with Crippen LogP contribution in [-0.4, -0.2) is 6.17 Å². The summed E-state index contributed by atoms with van der Waals surface area (Å²) in [6.45, 7) is 8.99. The summed E-state index contributed by atoms with van der Waals surface area (Å²) >= 11 is 0. The van der Waals surface area contributed by atoms with E-state index in [2.05, 4.69) is 163 Å². The summed E-state index contributed by atoms with van der Waals surface area (Å²) in [4.78, 5) is 2.38. The number of hydrogen-bond donors (Lipinski definition) is 1. The van der Waals surface area contributed by atoms with E-state index in [4.69, 9.17) is 0 Å². The van der Waals surface area contributed by atoms with Crippen molar-refractivity contribution in [2.24, 2.45) is 11.3 Å². The summed E-state index contributed by atoms with van der Waals surface area (Å²) in [5.74, 6) is 0.530. The van der Waals surface area contributed by atoms with Gasteiger partial charge in [-0.3, -0.25) is 0 Å². The van der Waals surface area contributed by atoms with Crippen LogP contribution in [0.25, 0.3) is 22.3 Å². The minimum Gasteiger partial charge on any atom is -0.359 e. The summed E-state index contributed by atoms with van der Waals surface area (Å²) in [6, 6.07) is 35.9. The lowest BCUT2D eigenvalue weighted by Crippen LogP contribution is -2.44. The van der Waals surface area contributed by atoms with Crippen molar-refractivity contribution in [1.82, 2.24) is 0 Å². The Hall–Kier alpha value is -5.34. The van der Waals surface area contributed by atoms with Crippen LogP contribution in [0.5, 0.6) is 0 Å². The Morgan fingerprint density at radius 3 is 2.43 bits per heavy atom. The Kier molecular flexibility index (Phi) is 8.17. The fourth-order valence-electron chi connectivity index (χ4n) is 8.47. The molecule has 1 heterocycles. The number of nitrogens with zero attached hydrogens (tertiary/aromatic N) is 1. The van der Waals surface area contributed by atoms with E-state index in [1.807, 2.05) is 19.1 Å². The number of para-hydroxylation sites is 2. The van der Waals surface area contributed by atoms with Gasteiger partial charge in [-0.2, -0.15) is 0 Å². The average molecular weight is 637 g/mol. The number of benzene rings is 4.